The average molecular weight is 262 g/mol. The number of hydrogen-bond donors (Lipinski definition) is 4. The van der Waals surface area contributed by atoms with Gasteiger partial charge in [-0.3, -0.25) is 4.79 Å². The van der Waals surface area contributed by atoms with E-state index in [1.165, 1.54) is 0 Å². The van der Waals surface area contributed by atoms with Crippen molar-refractivity contribution in [3.05, 3.63) is 17.7 Å². The molecule has 0 fully saturated rings. The van der Waals surface area contributed by atoms with Crippen molar-refractivity contribution >= 4 is 21.9 Å². The van der Waals surface area contributed by atoms with Crippen LogP contribution in [0.3, 0.4) is 0 Å². The Hall–Kier alpha value is -1.94. The van der Waals surface area contributed by atoms with Crippen LogP contribution in [0.25, 0.3) is 0 Å². The van der Waals surface area contributed by atoms with E-state index in [0.717, 1.165) is 6.33 Å². The molecule has 94 valence electrons. The summed E-state index contributed by atoms with van der Waals surface area (Å²) in [4.78, 5) is 27.9. The highest BCUT2D eigenvalue weighted by atomic mass is 32.2. The van der Waals surface area contributed by atoms with Gasteiger partial charge < -0.3 is 15.4 Å². The van der Waals surface area contributed by atoms with E-state index < -0.39 is 27.7 Å². The van der Waals surface area contributed by atoms with Gasteiger partial charge in [-0.15, -0.1) is 0 Å². The van der Waals surface area contributed by atoms with E-state index in [4.69, 9.17) is 10.2 Å². The molecule has 0 aliphatic heterocycles. The number of aromatic amines is 1. The van der Waals surface area contributed by atoms with Crippen molar-refractivity contribution in [3.8, 4) is 0 Å². The van der Waals surface area contributed by atoms with Gasteiger partial charge in [0.25, 0.3) is 5.91 Å². The molecule has 0 spiro atoms. The monoisotopic (exact) mass is 262 g/mol. The Balaban J connectivity index is 2.65. The number of aromatic carboxylic acids is 1. The van der Waals surface area contributed by atoms with Crippen LogP contribution in [0.2, 0.25) is 0 Å². The molecule has 10 heteroatoms. The summed E-state index contributed by atoms with van der Waals surface area (Å²) in [5.41, 5.74) is -0.676. The first-order valence-electron chi connectivity index (χ1n) is 4.36. The SMILES string of the molecule is NS(=O)(=O)CCNC(=O)c1nc[nH]c1C(=O)O. The fourth-order valence-electron chi connectivity index (χ4n) is 1.02. The van der Waals surface area contributed by atoms with E-state index in [9.17, 15) is 18.0 Å². The summed E-state index contributed by atoms with van der Waals surface area (Å²) in [7, 11) is -3.67. The first kappa shape index (κ1) is 13.1. The Morgan fingerprint density at radius 2 is 2.18 bits per heavy atom. The van der Waals surface area contributed by atoms with Gasteiger partial charge in [0.2, 0.25) is 10.0 Å². The predicted molar refractivity (Wildman–Crippen MR) is 55.9 cm³/mol. The van der Waals surface area contributed by atoms with Crippen LogP contribution in [0.15, 0.2) is 6.33 Å². The zero-order valence-electron chi connectivity index (χ0n) is 8.50. The van der Waals surface area contributed by atoms with E-state index in [0.29, 0.717) is 0 Å². The topological polar surface area (TPSA) is 155 Å². The fourth-order valence-corrected chi connectivity index (χ4v) is 1.41. The number of nitrogens with one attached hydrogen (secondary N) is 2. The van der Waals surface area contributed by atoms with Crippen LogP contribution in [-0.4, -0.2) is 47.7 Å². The van der Waals surface area contributed by atoms with Crippen LogP contribution in [-0.2, 0) is 10.0 Å². The first-order valence-corrected chi connectivity index (χ1v) is 6.08. The van der Waals surface area contributed by atoms with Gasteiger partial charge >= 0.3 is 5.97 Å². The number of aromatic nitrogens is 2. The zero-order valence-corrected chi connectivity index (χ0v) is 9.32. The third kappa shape index (κ3) is 3.85. The molecule has 0 aromatic carbocycles. The zero-order chi connectivity index (χ0) is 13.1. The summed E-state index contributed by atoms with van der Waals surface area (Å²) in [6.45, 7) is -0.219. The number of carboxylic acids is 1. The maximum atomic E-state index is 11.4. The molecule has 0 bridgehead atoms. The molecule has 17 heavy (non-hydrogen) atoms. The number of imidazole rings is 1. The highest BCUT2D eigenvalue weighted by Crippen LogP contribution is 2.01. The molecule has 1 heterocycles. The number of nitrogens with zero attached hydrogens (tertiary/aromatic N) is 1. The van der Waals surface area contributed by atoms with E-state index >= 15 is 0 Å². The second-order valence-corrected chi connectivity index (χ2v) is 4.79. The maximum absolute atomic E-state index is 11.4. The Morgan fingerprint density at radius 1 is 1.53 bits per heavy atom. The number of sulfonamides is 1. The highest BCUT2D eigenvalue weighted by Gasteiger charge is 2.19. The number of carbonyl (C=O) groups is 2. The lowest BCUT2D eigenvalue weighted by molar-refractivity contribution is 0.0685. The quantitative estimate of drug-likeness (QED) is 0.487. The normalized spacial score (nSPS) is 11.1. The van der Waals surface area contributed by atoms with Crippen LogP contribution >= 0.6 is 0 Å². The Bertz CT molecular complexity index is 534. The lowest BCUT2D eigenvalue weighted by atomic mass is 10.3. The minimum atomic E-state index is -3.67. The summed E-state index contributed by atoms with van der Waals surface area (Å²) in [6, 6.07) is 0. The van der Waals surface area contributed by atoms with E-state index in [1.54, 1.807) is 0 Å². The number of primary sulfonamides is 1. The van der Waals surface area contributed by atoms with Gasteiger partial charge in [-0.25, -0.2) is 23.3 Å². The molecule has 0 aliphatic carbocycles. The van der Waals surface area contributed by atoms with Gasteiger partial charge in [0, 0.05) is 6.54 Å². The van der Waals surface area contributed by atoms with Crippen molar-refractivity contribution in [2.45, 2.75) is 0 Å². The van der Waals surface area contributed by atoms with Crippen molar-refractivity contribution < 1.29 is 23.1 Å². The number of rotatable bonds is 5. The summed E-state index contributed by atoms with van der Waals surface area (Å²) >= 11 is 0. The minimum Gasteiger partial charge on any atom is -0.477 e. The van der Waals surface area contributed by atoms with Crippen LogP contribution in [0.1, 0.15) is 21.0 Å². The van der Waals surface area contributed by atoms with Gasteiger partial charge in [-0.1, -0.05) is 0 Å². The third-order valence-corrected chi connectivity index (χ3v) is 2.51. The van der Waals surface area contributed by atoms with Crippen molar-refractivity contribution in [1.82, 2.24) is 15.3 Å². The molecular weight excluding hydrogens is 252 g/mol. The molecule has 0 atom stereocenters. The molecule has 1 rings (SSSR count). The molecular formula is C7H10N4O5S. The molecule has 1 amide bonds. The van der Waals surface area contributed by atoms with Crippen LogP contribution in [0.5, 0.6) is 0 Å². The standard InChI is InChI=1S/C7H10N4O5S/c8-17(15,16)2-1-9-6(12)4-5(7(13)14)11-3-10-4/h3H,1-2H2,(H,9,12)(H,10,11)(H,13,14)(H2,8,15,16). The summed E-state index contributed by atoms with van der Waals surface area (Å²) in [5, 5.41) is 15.6. The highest BCUT2D eigenvalue weighted by molar-refractivity contribution is 7.89. The third-order valence-electron chi connectivity index (χ3n) is 1.74. The van der Waals surface area contributed by atoms with Crippen LogP contribution in [0, 0.1) is 0 Å². The maximum Gasteiger partial charge on any atom is 0.354 e. The second kappa shape index (κ2) is 4.93. The Morgan fingerprint density at radius 3 is 2.71 bits per heavy atom. The number of hydrogen-bond acceptors (Lipinski definition) is 5. The van der Waals surface area contributed by atoms with Crippen molar-refractivity contribution in [2.24, 2.45) is 5.14 Å². The first-order chi connectivity index (χ1) is 7.81. The van der Waals surface area contributed by atoms with Crippen molar-refractivity contribution in [1.29, 1.82) is 0 Å². The number of carbonyl (C=O) groups excluding carboxylic acids is 1. The molecule has 0 radical (unpaired) electrons. The molecule has 0 aliphatic rings. The summed E-state index contributed by atoms with van der Waals surface area (Å²) in [6.07, 6.45) is 1.05. The van der Waals surface area contributed by atoms with E-state index in [1.807, 2.05) is 0 Å². The molecule has 0 unspecified atom stereocenters. The average Bonchev–Trinajstić information content (AvgIpc) is 2.63. The number of amides is 1. The predicted octanol–water partition coefficient (Wildman–Crippen LogP) is -1.87. The van der Waals surface area contributed by atoms with E-state index in [-0.39, 0.29) is 17.9 Å². The number of carboxylic acid groups (broad SMARTS) is 1. The Labute approximate surface area is 96.1 Å². The number of H-pyrrole nitrogens is 1. The van der Waals surface area contributed by atoms with Gasteiger partial charge in [-0.05, 0) is 0 Å². The molecule has 0 saturated carbocycles. The molecule has 1 aromatic heterocycles. The van der Waals surface area contributed by atoms with E-state index in [2.05, 4.69) is 15.3 Å². The number of nitrogens with two attached hydrogens (primary N) is 1. The smallest absolute Gasteiger partial charge is 0.354 e. The molecule has 0 saturated heterocycles. The fraction of sp³-hybridized carbons (Fsp3) is 0.286. The Kier molecular flexibility index (Phi) is 3.81. The lowest BCUT2D eigenvalue weighted by Crippen LogP contribution is -2.32. The summed E-state index contributed by atoms with van der Waals surface area (Å²) in [5.74, 6) is -2.56. The minimum absolute atomic E-state index is 0.219. The van der Waals surface area contributed by atoms with Crippen molar-refractivity contribution in [3.63, 3.8) is 0 Å². The van der Waals surface area contributed by atoms with Gasteiger partial charge in [0.05, 0.1) is 12.1 Å². The lowest BCUT2D eigenvalue weighted by Gasteiger charge is -2.02. The van der Waals surface area contributed by atoms with Crippen molar-refractivity contribution in [2.75, 3.05) is 12.3 Å². The van der Waals surface area contributed by atoms with Gasteiger partial charge in [0.1, 0.15) is 0 Å². The largest absolute Gasteiger partial charge is 0.477 e. The molecule has 5 N–H and O–H groups in total. The van der Waals surface area contributed by atoms with Gasteiger partial charge in [-0.2, -0.15) is 0 Å². The second-order valence-electron chi connectivity index (χ2n) is 3.05. The van der Waals surface area contributed by atoms with Crippen LogP contribution in [0.4, 0.5) is 0 Å². The van der Waals surface area contributed by atoms with Gasteiger partial charge in [0.15, 0.2) is 11.4 Å². The van der Waals surface area contributed by atoms with Crippen LogP contribution < -0.4 is 10.5 Å². The molecule has 9 nitrogen and oxygen atoms in total. The molecule has 1 aromatic rings. The summed E-state index contributed by atoms with van der Waals surface area (Å²) < 4.78 is 21.2.